The van der Waals surface area contributed by atoms with E-state index >= 15 is 0 Å². The van der Waals surface area contributed by atoms with Crippen LogP contribution in [0.5, 0.6) is 0 Å². The molecular formula is C11H13ClN4S. The van der Waals surface area contributed by atoms with E-state index in [1.807, 2.05) is 31.2 Å². The summed E-state index contributed by atoms with van der Waals surface area (Å²) in [5.41, 5.74) is 4.36. The van der Waals surface area contributed by atoms with Gasteiger partial charge < -0.3 is 5.43 Å². The summed E-state index contributed by atoms with van der Waals surface area (Å²) < 4.78 is 2.38. The van der Waals surface area contributed by atoms with Crippen molar-refractivity contribution in [2.75, 3.05) is 5.43 Å². The first kappa shape index (κ1) is 12.1. The summed E-state index contributed by atoms with van der Waals surface area (Å²) in [5.74, 6) is 0.893. The van der Waals surface area contributed by atoms with Crippen molar-refractivity contribution >= 4 is 23.8 Å². The second-order valence-corrected chi connectivity index (χ2v) is 4.42. The van der Waals surface area contributed by atoms with Gasteiger partial charge in [0.05, 0.1) is 6.54 Å². The molecule has 0 aliphatic rings. The van der Waals surface area contributed by atoms with E-state index in [4.69, 9.17) is 23.8 Å². The predicted molar refractivity (Wildman–Crippen MR) is 71.3 cm³/mol. The Morgan fingerprint density at radius 1 is 1.41 bits per heavy atom. The molecule has 0 fully saturated rings. The zero-order valence-electron chi connectivity index (χ0n) is 9.40. The number of halogens is 1. The zero-order valence-corrected chi connectivity index (χ0v) is 11.0. The Balaban J connectivity index is 2.09. The van der Waals surface area contributed by atoms with Crippen LogP contribution in [0.2, 0.25) is 5.02 Å². The van der Waals surface area contributed by atoms with Crippen molar-refractivity contribution in [2.45, 2.75) is 19.9 Å². The van der Waals surface area contributed by atoms with E-state index in [9.17, 15) is 0 Å². The molecule has 2 rings (SSSR count). The first-order valence-electron chi connectivity index (χ1n) is 5.35. The van der Waals surface area contributed by atoms with Crippen LogP contribution in [0, 0.1) is 4.77 Å². The number of hydrogen-bond acceptors (Lipinski definition) is 3. The minimum atomic E-state index is 0.579. The van der Waals surface area contributed by atoms with Gasteiger partial charge in [-0.25, -0.2) is 4.68 Å². The number of aromatic nitrogens is 3. The quantitative estimate of drug-likeness (QED) is 0.838. The van der Waals surface area contributed by atoms with Crippen molar-refractivity contribution in [2.24, 2.45) is 0 Å². The van der Waals surface area contributed by atoms with Crippen LogP contribution >= 0.6 is 23.8 Å². The Hall–Kier alpha value is -1.33. The van der Waals surface area contributed by atoms with Crippen LogP contribution in [-0.2, 0) is 13.0 Å². The topological polar surface area (TPSA) is 45.6 Å². The Bertz CT molecular complexity index is 543. The third-order valence-electron chi connectivity index (χ3n) is 2.41. The van der Waals surface area contributed by atoms with Gasteiger partial charge in [0.25, 0.3) is 0 Å². The molecule has 6 heteroatoms. The molecule has 0 unspecified atom stereocenters. The minimum Gasteiger partial charge on any atom is -0.318 e. The van der Waals surface area contributed by atoms with Crippen LogP contribution in [0.4, 0.5) is 0 Å². The number of aromatic amines is 1. The number of aryl methyl sites for hydroxylation is 1. The highest BCUT2D eigenvalue weighted by Gasteiger charge is 2.02. The molecule has 2 aromatic rings. The van der Waals surface area contributed by atoms with Gasteiger partial charge in [-0.1, -0.05) is 30.7 Å². The van der Waals surface area contributed by atoms with Gasteiger partial charge in [-0.05, 0) is 29.9 Å². The minimum absolute atomic E-state index is 0.579. The maximum absolute atomic E-state index is 5.83. The number of nitrogens with zero attached hydrogens (tertiary/aromatic N) is 2. The summed E-state index contributed by atoms with van der Waals surface area (Å²) in [6, 6.07) is 7.69. The fourth-order valence-electron chi connectivity index (χ4n) is 1.50. The molecule has 1 heterocycles. The standard InChI is InChI=1S/C11H13ClN4S/c1-2-10-14-15-11(17)16(10)13-7-8-3-5-9(12)6-4-8/h3-6,13H,2,7H2,1H3,(H,15,17). The lowest BCUT2D eigenvalue weighted by Crippen LogP contribution is -2.17. The van der Waals surface area contributed by atoms with Crippen LogP contribution in [0.25, 0.3) is 0 Å². The lowest BCUT2D eigenvalue weighted by atomic mass is 10.2. The molecule has 0 aliphatic heterocycles. The lowest BCUT2D eigenvalue weighted by molar-refractivity contribution is 0.763. The first-order chi connectivity index (χ1) is 8.20. The first-order valence-corrected chi connectivity index (χ1v) is 6.14. The highest BCUT2D eigenvalue weighted by Crippen LogP contribution is 2.09. The maximum Gasteiger partial charge on any atom is 0.214 e. The van der Waals surface area contributed by atoms with E-state index in [1.165, 1.54) is 0 Å². The Morgan fingerprint density at radius 2 is 2.12 bits per heavy atom. The molecule has 1 aromatic carbocycles. The number of H-pyrrole nitrogens is 1. The molecule has 0 atom stereocenters. The van der Waals surface area contributed by atoms with E-state index in [2.05, 4.69) is 15.6 Å². The highest BCUT2D eigenvalue weighted by molar-refractivity contribution is 7.71. The average molecular weight is 269 g/mol. The second kappa shape index (κ2) is 5.33. The summed E-state index contributed by atoms with van der Waals surface area (Å²) in [7, 11) is 0. The normalized spacial score (nSPS) is 10.5. The van der Waals surface area contributed by atoms with Gasteiger partial charge in [0.2, 0.25) is 4.77 Å². The van der Waals surface area contributed by atoms with Crippen molar-refractivity contribution in [3.05, 3.63) is 45.4 Å². The van der Waals surface area contributed by atoms with Crippen molar-refractivity contribution in [3.63, 3.8) is 0 Å². The zero-order chi connectivity index (χ0) is 12.3. The van der Waals surface area contributed by atoms with Crippen LogP contribution in [0.15, 0.2) is 24.3 Å². The van der Waals surface area contributed by atoms with Crippen LogP contribution < -0.4 is 5.43 Å². The van der Waals surface area contributed by atoms with Gasteiger partial charge in [-0.15, -0.1) is 0 Å². The molecule has 0 saturated carbocycles. The monoisotopic (exact) mass is 268 g/mol. The Labute approximate surface area is 110 Å². The van der Waals surface area contributed by atoms with Gasteiger partial charge in [-0.3, -0.25) is 5.10 Å². The van der Waals surface area contributed by atoms with Crippen LogP contribution in [0.1, 0.15) is 18.3 Å². The number of benzene rings is 1. The van der Waals surface area contributed by atoms with Gasteiger partial charge >= 0.3 is 0 Å². The Morgan fingerprint density at radius 3 is 2.76 bits per heavy atom. The number of rotatable bonds is 4. The molecule has 90 valence electrons. The molecule has 0 radical (unpaired) electrons. The van der Waals surface area contributed by atoms with Gasteiger partial charge in [0, 0.05) is 11.4 Å². The molecule has 4 nitrogen and oxygen atoms in total. The van der Waals surface area contributed by atoms with Crippen LogP contribution in [0.3, 0.4) is 0 Å². The molecule has 0 aliphatic carbocycles. The summed E-state index contributed by atoms with van der Waals surface area (Å²) >= 11 is 11.0. The molecule has 0 saturated heterocycles. The summed E-state index contributed by atoms with van der Waals surface area (Å²) in [5, 5.41) is 7.63. The van der Waals surface area contributed by atoms with E-state index in [1.54, 1.807) is 4.68 Å². The van der Waals surface area contributed by atoms with Crippen LogP contribution in [-0.4, -0.2) is 14.9 Å². The van der Waals surface area contributed by atoms with Gasteiger partial charge in [0.15, 0.2) is 5.82 Å². The molecule has 0 spiro atoms. The third-order valence-corrected chi connectivity index (χ3v) is 2.94. The van der Waals surface area contributed by atoms with Gasteiger partial charge in [-0.2, -0.15) is 5.10 Å². The fraction of sp³-hybridized carbons (Fsp3) is 0.273. The second-order valence-electron chi connectivity index (χ2n) is 3.60. The molecule has 2 N–H and O–H groups in total. The predicted octanol–water partition coefficient (Wildman–Crippen LogP) is 2.90. The van der Waals surface area contributed by atoms with E-state index < -0.39 is 0 Å². The average Bonchev–Trinajstić information content (AvgIpc) is 2.69. The smallest absolute Gasteiger partial charge is 0.214 e. The van der Waals surface area contributed by atoms with E-state index in [-0.39, 0.29) is 0 Å². The number of hydrogen-bond donors (Lipinski definition) is 2. The molecular weight excluding hydrogens is 256 g/mol. The molecule has 0 amide bonds. The molecule has 17 heavy (non-hydrogen) atoms. The summed E-state index contributed by atoms with van der Waals surface area (Å²) in [4.78, 5) is 0. The van der Waals surface area contributed by atoms with Crippen molar-refractivity contribution in [3.8, 4) is 0 Å². The van der Waals surface area contributed by atoms with Crippen molar-refractivity contribution in [1.29, 1.82) is 0 Å². The number of nitrogens with one attached hydrogen (secondary N) is 2. The third kappa shape index (κ3) is 2.87. The van der Waals surface area contributed by atoms with Crippen molar-refractivity contribution < 1.29 is 0 Å². The Kier molecular flexibility index (Phi) is 3.81. The fourth-order valence-corrected chi connectivity index (χ4v) is 1.84. The summed E-state index contributed by atoms with van der Waals surface area (Å²) in [6.07, 6.45) is 0.820. The largest absolute Gasteiger partial charge is 0.318 e. The maximum atomic E-state index is 5.83. The molecule has 0 bridgehead atoms. The van der Waals surface area contributed by atoms with Gasteiger partial charge in [0.1, 0.15) is 0 Å². The van der Waals surface area contributed by atoms with Crippen molar-refractivity contribution in [1.82, 2.24) is 14.9 Å². The van der Waals surface area contributed by atoms with E-state index in [0.717, 1.165) is 22.8 Å². The SMILES string of the molecule is CCc1n[nH]c(=S)n1NCc1ccc(Cl)cc1. The summed E-state index contributed by atoms with van der Waals surface area (Å²) in [6.45, 7) is 2.71. The van der Waals surface area contributed by atoms with E-state index in [0.29, 0.717) is 11.3 Å². The lowest BCUT2D eigenvalue weighted by Gasteiger charge is -2.09. The molecule has 1 aromatic heterocycles. The highest BCUT2D eigenvalue weighted by atomic mass is 35.5.